The lowest BCUT2D eigenvalue weighted by atomic mass is 10.0. The Balaban J connectivity index is 4.16. The van der Waals surface area contributed by atoms with Crippen LogP contribution in [0, 0.1) is 0 Å². The van der Waals surface area contributed by atoms with Crippen molar-refractivity contribution >= 4 is 17.9 Å². The molecule has 2 unspecified atom stereocenters. The monoisotopic (exact) mass is 883 g/mol. The van der Waals surface area contributed by atoms with Crippen LogP contribution in [0.4, 0.5) is 0 Å². The Morgan fingerprint density at radius 3 is 1.03 bits per heavy atom. The zero-order valence-electron chi connectivity index (χ0n) is 41.8. The number of hydrogen-bond donors (Lipinski definition) is 1. The number of nitrogens with zero attached hydrogens (tertiary/aromatic N) is 1. The molecular weight excluding hydrogens is 779 g/mol. The quantitative estimate of drug-likeness (QED) is 0.0278. The van der Waals surface area contributed by atoms with Gasteiger partial charge in [-0.3, -0.25) is 9.59 Å². The SMILES string of the molecule is CCCCCCCCCCCCCCCCCCCCCCCCCCCC(=O)OC(COC(=O)CCCCCCCCCCCCCC)COC(OCC[N+](C)(C)C)C(=O)O. The van der Waals surface area contributed by atoms with Crippen LogP contribution in [0.5, 0.6) is 0 Å². The molecule has 0 aliphatic heterocycles. The van der Waals surface area contributed by atoms with Crippen LogP contribution in [0.15, 0.2) is 0 Å². The number of hydrogen-bond acceptors (Lipinski definition) is 7. The molecular formula is C53H104NO8+. The van der Waals surface area contributed by atoms with Crippen LogP contribution in [-0.2, 0) is 33.3 Å². The summed E-state index contributed by atoms with van der Waals surface area (Å²) in [6, 6.07) is 0. The molecule has 0 aliphatic carbocycles. The van der Waals surface area contributed by atoms with Gasteiger partial charge in [0.2, 0.25) is 0 Å². The molecule has 62 heavy (non-hydrogen) atoms. The maximum atomic E-state index is 12.8. The van der Waals surface area contributed by atoms with E-state index in [2.05, 4.69) is 13.8 Å². The van der Waals surface area contributed by atoms with Crippen molar-refractivity contribution in [3.63, 3.8) is 0 Å². The molecule has 0 saturated heterocycles. The first kappa shape index (κ1) is 60.3. The molecule has 0 aromatic carbocycles. The molecule has 0 aromatic rings. The van der Waals surface area contributed by atoms with E-state index in [9.17, 15) is 19.5 Å². The first-order chi connectivity index (χ1) is 30.1. The van der Waals surface area contributed by atoms with Gasteiger partial charge in [-0.2, -0.15) is 0 Å². The second kappa shape index (κ2) is 45.8. The number of carbonyl (C=O) groups excluding carboxylic acids is 2. The Bertz CT molecular complexity index is 985. The smallest absolute Gasteiger partial charge is 0.361 e. The number of esters is 2. The van der Waals surface area contributed by atoms with Crippen LogP contribution in [0.3, 0.4) is 0 Å². The van der Waals surface area contributed by atoms with E-state index in [1.807, 2.05) is 21.1 Å². The highest BCUT2D eigenvalue weighted by Gasteiger charge is 2.25. The highest BCUT2D eigenvalue weighted by molar-refractivity contribution is 5.71. The molecule has 9 heteroatoms. The lowest BCUT2D eigenvalue weighted by Crippen LogP contribution is -2.40. The van der Waals surface area contributed by atoms with Gasteiger partial charge < -0.3 is 28.5 Å². The van der Waals surface area contributed by atoms with Crippen LogP contribution < -0.4 is 0 Å². The van der Waals surface area contributed by atoms with Gasteiger partial charge in [-0.1, -0.05) is 239 Å². The second-order valence-electron chi connectivity index (χ2n) is 19.6. The third kappa shape index (κ3) is 46.3. The van der Waals surface area contributed by atoms with Gasteiger partial charge in [0.1, 0.15) is 13.2 Å². The lowest BCUT2D eigenvalue weighted by Gasteiger charge is -2.25. The number of ether oxygens (including phenoxy) is 4. The van der Waals surface area contributed by atoms with E-state index < -0.39 is 18.4 Å². The Kier molecular flexibility index (Phi) is 44.6. The molecule has 368 valence electrons. The van der Waals surface area contributed by atoms with E-state index in [0.717, 1.165) is 38.5 Å². The average molecular weight is 883 g/mol. The minimum absolute atomic E-state index is 0.173. The Morgan fingerprint density at radius 2 is 0.726 bits per heavy atom. The van der Waals surface area contributed by atoms with Crippen molar-refractivity contribution in [2.75, 3.05) is 47.5 Å². The summed E-state index contributed by atoms with van der Waals surface area (Å²) in [7, 11) is 5.97. The van der Waals surface area contributed by atoms with Crippen molar-refractivity contribution in [2.45, 2.75) is 277 Å². The third-order valence-corrected chi connectivity index (χ3v) is 12.1. The van der Waals surface area contributed by atoms with Gasteiger partial charge in [0.25, 0.3) is 6.29 Å². The van der Waals surface area contributed by atoms with E-state index in [1.165, 1.54) is 199 Å². The summed E-state index contributed by atoms with van der Waals surface area (Å²) >= 11 is 0. The van der Waals surface area contributed by atoms with Gasteiger partial charge >= 0.3 is 17.9 Å². The number of carboxylic acids is 1. The second-order valence-corrected chi connectivity index (χ2v) is 19.6. The van der Waals surface area contributed by atoms with Gasteiger partial charge in [0.05, 0.1) is 34.4 Å². The summed E-state index contributed by atoms with van der Waals surface area (Å²) in [5.74, 6) is -1.98. The lowest BCUT2D eigenvalue weighted by molar-refractivity contribution is -0.870. The number of carboxylic acid groups (broad SMARTS) is 1. The van der Waals surface area contributed by atoms with E-state index in [0.29, 0.717) is 17.4 Å². The predicted molar refractivity (Wildman–Crippen MR) is 258 cm³/mol. The summed E-state index contributed by atoms with van der Waals surface area (Å²) < 4.78 is 22.8. The zero-order chi connectivity index (χ0) is 45.6. The fraction of sp³-hybridized carbons (Fsp3) is 0.943. The Morgan fingerprint density at radius 1 is 0.419 bits per heavy atom. The first-order valence-corrected chi connectivity index (χ1v) is 26.7. The minimum atomic E-state index is -1.50. The standard InChI is InChI=1S/C53H103NO8/c1-6-8-10-12-14-16-18-20-21-22-23-24-25-26-27-28-29-30-31-32-34-36-38-40-42-44-51(56)62-49(48-61-53(52(57)58)59-46-45-54(3,4)5)47-60-50(55)43-41-39-37-35-33-19-17-15-13-11-9-7-2/h49,53H,6-48H2,1-5H3/p+1. The minimum Gasteiger partial charge on any atom is -0.477 e. The molecule has 0 saturated carbocycles. The molecule has 0 amide bonds. The van der Waals surface area contributed by atoms with Crippen LogP contribution in [0.25, 0.3) is 0 Å². The van der Waals surface area contributed by atoms with Crippen LogP contribution in [-0.4, -0.2) is 87.4 Å². The van der Waals surface area contributed by atoms with Crippen LogP contribution >= 0.6 is 0 Å². The summed E-state index contributed by atoms with van der Waals surface area (Å²) in [5.41, 5.74) is 0. The fourth-order valence-corrected chi connectivity index (χ4v) is 7.96. The van der Waals surface area contributed by atoms with Crippen molar-refractivity contribution in [1.82, 2.24) is 0 Å². The van der Waals surface area contributed by atoms with Gasteiger partial charge in [-0.15, -0.1) is 0 Å². The highest BCUT2D eigenvalue weighted by atomic mass is 16.7. The Labute approximate surface area is 383 Å². The van der Waals surface area contributed by atoms with Gasteiger partial charge in [-0.25, -0.2) is 4.79 Å². The van der Waals surface area contributed by atoms with Crippen molar-refractivity contribution < 1.29 is 42.9 Å². The fourth-order valence-electron chi connectivity index (χ4n) is 7.96. The normalized spacial score (nSPS) is 12.7. The molecule has 0 aliphatic rings. The number of carbonyl (C=O) groups is 3. The Hall–Kier alpha value is -1.71. The molecule has 9 nitrogen and oxygen atoms in total. The first-order valence-electron chi connectivity index (χ1n) is 26.7. The van der Waals surface area contributed by atoms with Gasteiger partial charge in [0.15, 0.2) is 6.10 Å². The summed E-state index contributed by atoms with van der Waals surface area (Å²) in [6.45, 7) is 4.92. The summed E-state index contributed by atoms with van der Waals surface area (Å²) in [4.78, 5) is 37.2. The van der Waals surface area contributed by atoms with Crippen LogP contribution in [0.2, 0.25) is 0 Å². The number of aliphatic carboxylic acids is 1. The van der Waals surface area contributed by atoms with Crippen molar-refractivity contribution in [1.29, 1.82) is 0 Å². The molecule has 0 radical (unpaired) electrons. The topological polar surface area (TPSA) is 108 Å². The van der Waals surface area contributed by atoms with Gasteiger partial charge in [-0.05, 0) is 12.8 Å². The molecule has 0 aromatic heterocycles. The average Bonchev–Trinajstić information content (AvgIpc) is 3.23. The maximum Gasteiger partial charge on any atom is 0.361 e. The molecule has 0 bridgehead atoms. The maximum absolute atomic E-state index is 12.8. The zero-order valence-corrected chi connectivity index (χ0v) is 41.8. The molecule has 2 atom stereocenters. The van der Waals surface area contributed by atoms with E-state index in [4.69, 9.17) is 18.9 Å². The van der Waals surface area contributed by atoms with E-state index in [-0.39, 0.29) is 38.2 Å². The molecule has 0 heterocycles. The van der Waals surface area contributed by atoms with Crippen molar-refractivity contribution in [2.24, 2.45) is 0 Å². The molecule has 0 rings (SSSR count). The summed E-state index contributed by atoms with van der Waals surface area (Å²) in [5, 5.41) is 9.66. The number of quaternary nitrogens is 1. The van der Waals surface area contributed by atoms with Gasteiger partial charge in [0, 0.05) is 12.8 Å². The van der Waals surface area contributed by atoms with Crippen LogP contribution in [0.1, 0.15) is 264 Å². The molecule has 0 fully saturated rings. The van der Waals surface area contributed by atoms with Crippen molar-refractivity contribution in [3.05, 3.63) is 0 Å². The molecule has 0 spiro atoms. The largest absolute Gasteiger partial charge is 0.477 e. The number of unbranched alkanes of at least 4 members (excludes halogenated alkanes) is 35. The predicted octanol–water partition coefficient (Wildman–Crippen LogP) is 14.8. The highest BCUT2D eigenvalue weighted by Crippen LogP contribution is 2.17. The molecule has 1 N–H and O–H groups in total. The third-order valence-electron chi connectivity index (χ3n) is 12.1. The van der Waals surface area contributed by atoms with Crippen molar-refractivity contribution in [3.8, 4) is 0 Å². The number of likely N-dealkylation sites (N-methyl/N-ethyl adjacent to an activating group) is 1. The van der Waals surface area contributed by atoms with E-state index >= 15 is 0 Å². The van der Waals surface area contributed by atoms with E-state index in [1.54, 1.807) is 0 Å². The summed E-state index contributed by atoms with van der Waals surface area (Å²) in [6.07, 6.45) is 46.1. The number of rotatable bonds is 50.